The number of nitrogens with zero attached hydrogens (tertiary/aromatic N) is 3. The molecule has 2 aliphatic heterocycles. The van der Waals surface area contributed by atoms with Crippen molar-refractivity contribution in [3.63, 3.8) is 0 Å². The van der Waals surface area contributed by atoms with E-state index < -0.39 is 29.3 Å². The van der Waals surface area contributed by atoms with E-state index in [9.17, 15) is 14.9 Å². The largest absolute Gasteiger partial charge is 0.497 e. The monoisotopic (exact) mass is 450 g/mol. The van der Waals surface area contributed by atoms with Crippen LogP contribution < -0.4 is 15.4 Å². The Morgan fingerprint density at radius 2 is 1.88 bits per heavy atom. The summed E-state index contributed by atoms with van der Waals surface area (Å²) in [4.78, 5) is 33.3. The van der Waals surface area contributed by atoms with Crippen molar-refractivity contribution in [2.75, 3.05) is 12.0 Å². The summed E-state index contributed by atoms with van der Waals surface area (Å²) in [5.41, 5.74) is 7.04. The molecule has 4 atom stereocenters. The molecular formula is C27H22N4O3. The van der Waals surface area contributed by atoms with Gasteiger partial charge in [-0.2, -0.15) is 5.26 Å². The molecule has 1 fully saturated rings. The van der Waals surface area contributed by atoms with Crippen molar-refractivity contribution in [2.24, 2.45) is 11.1 Å². The van der Waals surface area contributed by atoms with Crippen molar-refractivity contribution in [3.05, 3.63) is 95.8 Å². The number of benzene rings is 2. The molecule has 0 aliphatic carbocycles. The van der Waals surface area contributed by atoms with Crippen LogP contribution in [-0.4, -0.2) is 35.9 Å². The number of anilines is 1. The van der Waals surface area contributed by atoms with Crippen LogP contribution in [0.4, 0.5) is 5.69 Å². The molecule has 7 nitrogen and oxygen atoms in total. The number of fused-ring (bicyclic) bond motifs is 3. The third kappa shape index (κ3) is 3.00. The van der Waals surface area contributed by atoms with E-state index in [0.717, 1.165) is 11.3 Å². The third-order valence-corrected chi connectivity index (χ3v) is 6.83. The number of Topliss-reactive ketones (excluding diaryl/α,β-unsaturated/α-hetero) is 1. The molecule has 1 amide bonds. The number of carbonyl (C=O) groups excluding carboxylic acids is 2. The molecule has 0 bridgehead atoms. The van der Waals surface area contributed by atoms with Crippen LogP contribution in [0.2, 0.25) is 0 Å². The van der Waals surface area contributed by atoms with Gasteiger partial charge >= 0.3 is 0 Å². The number of methoxy groups -OCH3 is 1. The topological polar surface area (TPSA) is 109 Å². The molecule has 2 aliphatic rings. The summed E-state index contributed by atoms with van der Waals surface area (Å²) in [6.45, 7) is 0. The van der Waals surface area contributed by atoms with Crippen LogP contribution in [0.5, 0.6) is 5.75 Å². The summed E-state index contributed by atoms with van der Waals surface area (Å²) in [5.74, 6) is -1.27. The zero-order valence-corrected chi connectivity index (χ0v) is 18.5. The lowest BCUT2D eigenvalue weighted by Gasteiger charge is -2.36. The highest BCUT2D eigenvalue weighted by Gasteiger charge is 2.65. The van der Waals surface area contributed by atoms with Crippen molar-refractivity contribution in [2.45, 2.75) is 18.0 Å². The minimum absolute atomic E-state index is 0.228. The maximum atomic E-state index is 14.2. The Morgan fingerprint density at radius 3 is 2.59 bits per heavy atom. The number of para-hydroxylation sites is 1. The average molecular weight is 450 g/mol. The smallest absolute Gasteiger partial charge is 0.241 e. The summed E-state index contributed by atoms with van der Waals surface area (Å²) in [6.07, 6.45) is 6.87. The van der Waals surface area contributed by atoms with E-state index >= 15 is 0 Å². The van der Waals surface area contributed by atoms with Crippen molar-refractivity contribution < 1.29 is 14.3 Å². The number of ketones is 1. The van der Waals surface area contributed by atoms with Gasteiger partial charge < -0.3 is 15.4 Å². The fourth-order valence-electron chi connectivity index (χ4n) is 5.32. The maximum absolute atomic E-state index is 14.2. The van der Waals surface area contributed by atoms with Crippen molar-refractivity contribution in [3.8, 4) is 11.8 Å². The van der Waals surface area contributed by atoms with Crippen molar-refractivity contribution in [1.29, 1.82) is 5.26 Å². The van der Waals surface area contributed by atoms with E-state index in [4.69, 9.17) is 10.5 Å². The molecule has 0 saturated carbocycles. The SMILES string of the molecule is COc1cccc(C(=O)[C@@H]2[C@@H](c3ccncc3)[C@@](C#N)(C(N)=O)[C@H]3C=Cc4ccccc4N23)c1. The fraction of sp³-hybridized carbons (Fsp3) is 0.185. The fourth-order valence-corrected chi connectivity index (χ4v) is 5.32. The van der Waals surface area contributed by atoms with Gasteiger partial charge in [-0.3, -0.25) is 14.6 Å². The molecule has 3 heterocycles. The molecule has 1 saturated heterocycles. The number of hydrogen-bond acceptors (Lipinski definition) is 6. The van der Waals surface area contributed by atoms with Crippen LogP contribution in [0, 0.1) is 16.7 Å². The summed E-state index contributed by atoms with van der Waals surface area (Å²) >= 11 is 0. The highest BCUT2D eigenvalue weighted by Crippen LogP contribution is 2.55. The minimum Gasteiger partial charge on any atom is -0.497 e. The second-order valence-electron chi connectivity index (χ2n) is 8.41. The summed E-state index contributed by atoms with van der Waals surface area (Å²) in [6, 6.07) is 18.6. The first-order chi connectivity index (χ1) is 16.5. The number of nitrogens with two attached hydrogens (primary N) is 1. The second kappa shape index (κ2) is 8.16. The van der Waals surface area contributed by atoms with Gasteiger partial charge in [0.15, 0.2) is 11.2 Å². The number of ether oxygens (including phenoxy) is 1. The number of pyridine rings is 1. The summed E-state index contributed by atoms with van der Waals surface area (Å²) < 4.78 is 5.33. The van der Waals surface area contributed by atoms with Gasteiger partial charge in [-0.15, -0.1) is 0 Å². The van der Waals surface area contributed by atoms with Gasteiger partial charge in [-0.1, -0.05) is 42.5 Å². The Balaban J connectivity index is 1.80. The molecular weight excluding hydrogens is 428 g/mol. The molecule has 0 radical (unpaired) electrons. The highest BCUT2D eigenvalue weighted by molar-refractivity contribution is 6.06. The lowest BCUT2D eigenvalue weighted by Crippen LogP contribution is -2.49. The molecule has 2 aromatic carbocycles. The molecule has 2 N–H and O–H groups in total. The number of rotatable bonds is 5. The molecule has 168 valence electrons. The molecule has 5 rings (SSSR count). The lowest BCUT2D eigenvalue weighted by molar-refractivity contribution is -0.125. The molecule has 34 heavy (non-hydrogen) atoms. The van der Waals surface area contributed by atoms with Gasteiger partial charge in [0, 0.05) is 29.6 Å². The normalized spacial score (nSPS) is 24.6. The first-order valence-corrected chi connectivity index (χ1v) is 10.9. The van der Waals surface area contributed by atoms with Gasteiger partial charge in [0.2, 0.25) is 5.91 Å². The van der Waals surface area contributed by atoms with E-state index in [0.29, 0.717) is 16.9 Å². The Kier molecular flexibility index (Phi) is 5.14. The predicted molar refractivity (Wildman–Crippen MR) is 127 cm³/mol. The third-order valence-electron chi connectivity index (χ3n) is 6.83. The number of hydrogen-bond donors (Lipinski definition) is 1. The molecule has 1 aromatic heterocycles. The Labute approximate surface area is 197 Å². The Bertz CT molecular complexity index is 1350. The number of aromatic nitrogens is 1. The Morgan fingerprint density at radius 1 is 1.12 bits per heavy atom. The highest BCUT2D eigenvalue weighted by atomic mass is 16.5. The standard InChI is InChI=1S/C27H22N4O3/c1-34-20-7-4-6-19(15-20)25(32)24-23(18-11-13-30-14-12-18)27(16-28,26(29)33)22-10-9-17-5-2-3-8-21(17)31(22)24/h2-15,22-24H,1H3,(H2,29,33)/t22-,23-,24+,27+/m1/s1. The number of primary amides is 1. The van der Waals surface area contributed by atoms with Crippen LogP contribution in [0.3, 0.4) is 0 Å². The van der Waals surface area contributed by atoms with Crippen LogP contribution >= 0.6 is 0 Å². The van der Waals surface area contributed by atoms with Gasteiger partial charge in [0.1, 0.15) is 11.8 Å². The van der Waals surface area contributed by atoms with Crippen LogP contribution in [-0.2, 0) is 4.79 Å². The molecule has 3 aromatic rings. The molecule has 0 unspecified atom stereocenters. The van der Waals surface area contributed by atoms with Gasteiger partial charge in [-0.05, 0) is 41.5 Å². The lowest BCUT2D eigenvalue weighted by atomic mass is 9.67. The summed E-state index contributed by atoms with van der Waals surface area (Å²) in [7, 11) is 1.54. The van der Waals surface area contributed by atoms with Gasteiger partial charge in [-0.25, -0.2) is 0 Å². The van der Waals surface area contributed by atoms with Crippen LogP contribution in [0.25, 0.3) is 6.08 Å². The van der Waals surface area contributed by atoms with E-state index in [-0.39, 0.29) is 5.78 Å². The molecule has 7 heteroatoms. The van der Waals surface area contributed by atoms with Crippen molar-refractivity contribution >= 4 is 23.5 Å². The number of amides is 1. The van der Waals surface area contributed by atoms with Gasteiger partial charge in [0.25, 0.3) is 0 Å². The van der Waals surface area contributed by atoms with E-state index in [2.05, 4.69) is 11.1 Å². The first-order valence-electron chi connectivity index (χ1n) is 10.9. The predicted octanol–water partition coefficient (Wildman–Crippen LogP) is 3.34. The average Bonchev–Trinajstić information content (AvgIpc) is 3.20. The van der Waals surface area contributed by atoms with Gasteiger partial charge in [0.05, 0.1) is 19.2 Å². The van der Waals surface area contributed by atoms with Crippen LogP contribution in [0.15, 0.2) is 79.1 Å². The summed E-state index contributed by atoms with van der Waals surface area (Å²) in [5, 5.41) is 10.5. The van der Waals surface area contributed by atoms with Crippen molar-refractivity contribution in [1.82, 2.24) is 4.98 Å². The zero-order chi connectivity index (χ0) is 23.9. The van der Waals surface area contributed by atoms with E-state index in [1.54, 1.807) is 48.8 Å². The minimum atomic E-state index is -1.68. The maximum Gasteiger partial charge on any atom is 0.241 e. The zero-order valence-electron chi connectivity index (χ0n) is 18.5. The number of carbonyl (C=O) groups is 2. The van der Waals surface area contributed by atoms with E-state index in [1.807, 2.05) is 41.3 Å². The molecule has 0 spiro atoms. The second-order valence-corrected chi connectivity index (χ2v) is 8.41. The number of nitriles is 1. The Hall–Kier alpha value is -4.44. The first kappa shape index (κ1) is 21.4. The quantitative estimate of drug-likeness (QED) is 0.597. The van der Waals surface area contributed by atoms with Crippen LogP contribution in [0.1, 0.15) is 27.4 Å². The van der Waals surface area contributed by atoms with E-state index in [1.165, 1.54) is 7.11 Å².